The number of hydrogen-bond donors (Lipinski definition) is 0. The average molecular weight is 409 g/mol. The van der Waals surface area contributed by atoms with Crippen LogP contribution in [0.15, 0.2) is 41.0 Å². The molecule has 5 rings (SSSR count). The van der Waals surface area contributed by atoms with Gasteiger partial charge in [0.05, 0.1) is 0 Å². The van der Waals surface area contributed by atoms with Gasteiger partial charge < -0.3 is 4.57 Å². The Morgan fingerprint density at radius 3 is 2.82 bits per heavy atom. The van der Waals surface area contributed by atoms with E-state index >= 15 is 0 Å². The number of hydrogen-bond acceptors (Lipinski definition) is 7. The van der Waals surface area contributed by atoms with Crippen molar-refractivity contribution in [1.82, 2.24) is 29.7 Å². The van der Waals surface area contributed by atoms with E-state index < -0.39 is 0 Å². The van der Waals surface area contributed by atoms with Crippen LogP contribution in [0.3, 0.4) is 0 Å². The second kappa shape index (κ2) is 7.60. The number of nitrogens with zero attached hydrogens (tertiary/aromatic N) is 6. The molecule has 0 N–H and O–H groups in total. The number of fused-ring (bicyclic) bond motifs is 3. The Kier molecular flexibility index (Phi) is 4.82. The molecule has 0 saturated heterocycles. The van der Waals surface area contributed by atoms with Gasteiger partial charge in [-0.15, -0.1) is 21.5 Å². The second-order valence-electron chi connectivity index (χ2n) is 6.87. The maximum absolute atomic E-state index is 4.63. The van der Waals surface area contributed by atoms with Crippen LogP contribution in [0.1, 0.15) is 36.6 Å². The fourth-order valence-corrected chi connectivity index (χ4v) is 5.99. The van der Waals surface area contributed by atoms with E-state index in [1.165, 1.54) is 35.1 Å². The highest BCUT2D eigenvalue weighted by atomic mass is 32.2. The van der Waals surface area contributed by atoms with Crippen molar-refractivity contribution in [3.05, 3.63) is 41.3 Å². The largest absolute Gasteiger partial charge is 0.302 e. The summed E-state index contributed by atoms with van der Waals surface area (Å²) in [6, 6.07) is 3.95. The molecule has 0 aliphatic heterocycles. The first-order chi connectivity index (χ1) is 13.8. The van der Waals surface area contributed by atoms with E-state index in [-0.39, 0.29) is 0 Å². The summed E-state index contributed by atoms with van der Waals surface area (Å²) in [5, 5.41) is 12.1. The summed E-state index contributed by atoms with van der Waals surface area (Å²) >= 11 is 3.43. The van der Waals surface area contributed by atoms with Crippen molar-refractivity contribution >= 4 is 33.3 Å². The summed E-state index contributed by atoms with van der Waals surface area (Å²) in [5.41, 5.74) is 2.48. The zero-order chi connectivity index (χ0) is 18.9. The quantitative estimate of drug-likeness (QED) is 0.443. The van der Waals surface area contributed by atoms with Crippen LogP contribution in [0.2, 0.25) is 0 Å². The molecule has 0 aromatic carbocycles. The van der Waals surface area contributed by atoms with Crippen molar-refractivity contribution in [1.29, 1.82) is 0 Å². The Hall–Kier alpha value is -2.32. The highest BCUT2D eigenvalue weighted by molar-refractivity contribution is 7.99. The van der Waals surface area contributed by atoms with Gasteiger partial charge in [-0.05, 0) is 61.6 Å². The van der Waals surface area contributed by atoms with Gasteiger partial charge in [-0.3, -0.25) is 4.98 Å². The Bertz CT molecular complexity index is 1120. The highest BCUT2D eigenvalue weighted by Gasteiger charge is 2.22. The lowest BCUT2D eigenvalue weighted by atomic mass is 9.97. The van der Waals surface area contributed by atoms with E-state index in [0.717, 1.165) is 45.8 Å². The molecule has 0 atom stereocenters. The minimum Gasteiger partial charge on any atom is -0.302 e. The van der Waals surface area contributed by atoms with E-state index in [1.807, 2.05) is 23.5 Å². The second-order valence-corrected chi connectivity index (χ2v) is 8.91. The third-order valence-corrected chi connectivity index (χ3v) is 7.19. The maximum Gasteiger partial charge on any atom is 0.197 e. The number of aromatic nitrogens is 6. The van der Waals surface area contributed by atoms with Gasteiger partial charge in [0.15, 0.2) is 11.0 Å². The maximum atomic E-state index is 4.63. The van der Waals surface area contributed by atoms with E-state index in [4.69, 9.17) is 0 Å². The fraction of sp³-hybridized carbons (Fsp3) is 0.350. The molecule has 0 bridgehead atoms. The number of rotatable bonds is 5. The SMILES string of the molecule is CCCn1c(Sc2ncnc3sc4c(c23)CCCC4)nnc1-c1ccncc1. The van der Waals surface area contributed by atoms with Crippen LogP contribution in [0.5, 0.6) is 0 Å². The number of thiophene rings is 1. The van der Waals surface area contributed by atoms with E-state index in [2.05, 4.69) is 36.6 Å². The van der Waals surface area contributed by atoms with Gasteiger partial charge in [-0.2, -0.15) is 0 Å². The van der Waals surface area contributed by atoms with Gasteiger partial charge in [0, 0.05) is 34.8 Å². The van der Waals surface area contributed by atoms with Crippen LogP contribution >= 0.6 is 23.1 Å². The fourth-order valence-electron chi connectivity index (χ4n) is 3.73. The van der Waals surface area contributed by atoms with Crippen molar-refractivity contribution in [2.75, 3.05) is 0 Å². The van der Waals surface area contributed by atoms with Crippen molar-refractivity contribution < 1.29 is 0 Å². The molecule has 8 heteroatoms. The number of aryl methyl sites for hydroxylation is 2. The third-order valence-electron chi connectivity index (χ3n) is 5.01. The van der Waals surface area contributed by atoms with Crippen LogP contribution in [0, 0.1) is 0 Å². The Morgan fingerprint density at radius 1 is 1.11 bits per heavy atom. The molecule has 1 aliphatic carbocycles. The lowest BCUT2D eigenvalue weighted by Crippen LogP contribution is -2.02. The van der Waals surface area contributed by atoms with Gasteiger partial charge in [0.1, 0.15) is 16.2 Å². The lowest BCUT2D eigenvalue weighted by Gasteiger charge is -2.12. The summed E-state index contributed by atoms with van der Waals surface area (Å²) in [6.07, 6.45) is 11.1. The van der Waals surface area contributed by atoms with E-state index in [1.54, 1.807) is 30.5 Å². The van der Waals surface area contributed by atoms with Gasteiger partial charge in [0.2, 0.25) is 0 Å². The van der Waals surface area contributed by atoms with E-state index in [9.17, 15) is 0 Å². The first-order valence-corrected chi connectivity index (χ1v) is 11.2. The smallest absolute Gasteiger partial charge is 0.197 e. The van der Waals surface area contributed by atoms with Gasteiger partial charge in [0.25, 0.3) is 0 Å². The summed E-state index contributed by atoms with van der Waals surface area (Å²) < 4.78 is 2.19. The Labute approximate surface area is 171 Å². The minimum atomic E-state index is 0.864. The van der Waals surface area contributed by atoms with Crippen molar-refractivity contribution in [3.8, 4) is 11.4 Å². The van der Waals surface area contributed by atoms with Gasteiger partial charge in [-0.1, -0.05) is 6.92 Å². The predicted octanol–water partition coefficient (Wildman–Crippen LogP) is 4.78. The first kappa shape index (κ1) is 17.8. The third kappa shape index (κ3) is 3.10. The zero-order valence-electron chi connectivity index (χ0n) is 15.6. The normalized spacial score (nSPS) is 13.8. The molecule has 1 aliphatic rings. The highest BCUT2D eigenvalue weighted by Crippen LogP contribution is 2.41. The summed E-state index contributed by atoms with van der Waals surface area (Å²) in [7, 11) is 0. The first-order valence-electron chi connectivity index (χ1n) is 9.62. The molecule has 0 saturated carbocycles. The zero-order valence-corrected chi connectivity index (χ0v) is 17.3. The van der Waals surface area contributed by atoms with Crippen molar-refractivity contribution in [3.63, 3.8) is 0 Å². The van der Waals surface area contributed by atoms with Crippen LogP contribution < -0.4 is 0 Å². The standard InChI is InChI=1S/C20H20N6S2/c1-2-11-26-17(13-7-9-21-10-8-13)24-25-20(26)28-19-16-14-5-3-4-6-15(14)27-18(16)22-12-23-19/h7-10,12H,2-6,11H2,1H3. The molecule has 0 unspecified atom stereocenters. The molecular formula is C20H20N6S2. The molecule has 0 spiro atoms. The molecule has 4 heterocycles. The van der Waals surface area contributed by atoms with Crippen molar-refractivity contribution in [2.24, 2.45) is 0 Å². The average Bonchev–Trinajstić information content (AvgIpc) is 3.31. The van der Waals surface area contributed by atoms with Crippen LogP contribution in [-0.2, 0) is 19.4 Å². The molecule has 142 valence electrons. The van der Waals surface area contributed by atoms with Gasteiger partial charge in [-0.25, -0.2) is 9.97 Å². The molecule has 4 aromatic rings. The monoisotopic (exact) mass is 408 g/mol. The molecule has 0 fully saturated rings. The Morgan fingerprint density at radius 2 is 1.96 bits per heavy atom. The topological polar surface area (TPSA) is 69.4 Å². The minimum absolute atomic E-state index is 0.864. The molecular weight excluding hydrogens is 388 g/mol. The van der Waals surface area contributed by atoms with E-state index in [0.29, 0.717) is 0 Å². The number of pyridine rings is 1. The van der Waals surface area contributed by atoms with Gasteiger partial charge >= 0.3 is 0 Å². The van der Waals surface area contributed by atoms with Crippen molar-refractivity contribution in [2.45, 2.75) is 55.8 Å². The lowest BCUT2D eigenvalue weighted by molar-refractivity contribution is 0.626. The summed E-state index contributed by atoms with van der Waals surface area (Å²) in [6.45, 7) is 3.03. The summed E-state index contributed by atoms with van der Waals surface area (Å²) in [4.78, 5) is 15.9. The molecule has 6 nitrogen and oxygen atoms in total. The van der Waals surface area contributed by atoms with Crippen LogP contribution in [0.25, 0.3) is 21.6 Å². The molecule has 4 aromatic heterocycles. The molecule has 28 heavy (non-hydrogen) atoms. The van der Waals surface area contributed by atoms with Crippen LogP contribution in [0.4, 0.5) is 0 Å². The summed E-state index contributed by atoms with van der Waals surface area (Å²) in [5.74, 6) is 0.879. The Balaban J connectivity index is 1.58. The van der Waals surface area contributed by atoms with Crippen LogP contribution in [-0.4, -0.2) is 29.7 Å². The molecule has 0 radical (unpaired) electrons. The predicted molar refractivity (Wildman–Crippen MR) is 112 cm³/mol. The molecule has 0 amide bonds.